The Morgan fingerprint density at radius 2 is 1.00 bits per heavy atom. The highest BCUT2D eigenvalue weighted by atomic mass is 16.1. The first-order chi connectivity index (χ1) is 10.8. The van der Waals surface area contributed by atoms with Gasteiger partial charge >= 0.3 is 0 Å². The fourth-order valence-corrected chi connectivity index (χ4v) is 3.52. The minimum Gasteiger partial charge on any atom is -0.302 e. The van der Waals surface area contributed by atoms with Crippen LogP contribution in [0.1, 0.15) is 34.1 Å². The Labute approximate surface area is 128 Å². The average Bonchev–Trinajstić information content (AvgIpc) is 2.58. The maximum absolute atomic E-state index is 11.7. The van der Waals surface area contributed by atoms with Gasteiger partial charge in [0.1, 0.15) is 12.6 Å². The Kier molecular flexibility index (Phi) is 2.90. The van der Waals surface area contributed by atoms with E-state index >= 15 is 0 Å². The van der Waals surface area contributed by atoms with Crippen LogP contribution in [0.15, 0.2) is 60.7 Å². The minimum absolute atomic E-state index is 0.299. The van der Waals surface area contributed by atoms with Gasteiger partial charge in [0.05, 0.1) is 11.8 Å². The van der Waals surface area contributed by atoms with Crippen LogP contribution in [0.5, 0.6) is 0 Å². The van der Waals surface area contributed by atoms with E-state index in [1.54, 1.807) is 0 Å². The molecule has 0 aromatic heterocycles. The van der Waals surface area contributed by atoms with Crippen LogP contribution in [0.25, 0.3) is 10.8 Å². The lowest BCUT2D eigenvalue weighted by Crippen LogP contribution is -2.20. The van der Waals surface area contributed by atoms with E-state index in [1.165, 1.54) is 0 Å². The van der Waals surface area contributed by atoms with Gasteiger partial charge in [-0.15, -0.1) is 0 Å². The number of hydrogen-bond donors (Lipinski definition) is 0. The number of benzene rings is 3. The molecule has 1 aliphatic carbocycles. The Morgan fingerprint density at radius 1 is 0.591 bits per heavy atom. The van der Waals surface area contributed by atoms with Crippen LogP contribution in [0.3, 0.4) is 0 Å². The SMILES string of the molecule is O=CC1c2ccccc2C(C=O)c2cc3ccccc3cc21. The van der Waals surface area contributed by atoms with E-state index in [1.807, 2.05) is 48.5 Å². The first-order valence-corrected chi connectivity index (χ1v) is 7.35. The van der Waals surface area contributed by atoms with Gasteiger partial charge in [-0.1, -0.05) is 48.5 Å². The number of hydrogen-bond acceptors (Lipinski definition) is 2. The Morgan fingerprint density at radius 3 is 1.41 bits per heavy atom. The molecule has 3 aromatic carbocycles. The second kappa shape index (κ2) is 4.92. The van der Waals surface area contributed by atoms with Gasteiger partial charge in [-0.2, -0.15) is 0 Å². The molecule has 2 nitrogen and oxygen atoms in total. The lowest BCUT2D eigenvalue weighted by Gasteiger charge is -2.29. The minimum atomic E-state index is -0.299. The molecule has 2 unspecified atom stereocenters. The lowest BCUT2D eigenvalue weighted by atomic mass is 9.73. The van der Waals surface area contributed by atoms with E-state index in [2.05, 4.69) is 12.1 Å². The summed E-state index contributed by atoms with van der Waals surface area (Å²) in [6, 6.07) is 19.9. The molecule has 0 radical (unpaired) electrons. The van der Waals surface area contributed by atoms with E-state index in [9.17, 15) is 9.59 Å². The molecule has 0 fully saturated rings. The van der Waals surface area contributed by atoms with Crippen molar-refractivity contribution in [3.8, 4) is 0 Å². The van der Waals surface area contributed by atoms with Gasteiger partial charge in [-0.25, -0.2) is 0 Å². The second-order valence-electron chi connectivity index (χ2n) is 5.68. The molecule has 0 amide bonds. The lowest BCUT2D eigenvalue weighted by molar-refractivity contribution is -0.109. The van der Waals surface area contributed by atoms with Crippen molar-refractivity contribution in [2.45, 2.75) is 11.8 Å². The monoisotopic (exact) mass is 286 g/mol. The summed E-state index contributed by atoms with van der Waals surface area (Å²) in [4.78, 5) is 23.5. The zero-order valence-corrected chi connectivity index (χ0v) is 11.9. The summed E-state index contributed by atoms with van der Waals surface area (Å²) in [5.74, 6) is -0.598. The van der Waals surface area contributed by atoms with Crippen LogP contribution >= 0.6 is 0 Å². The molecule has 0 saturated heterocycles. The maximum Gasteiger partial charge on any atom is 0.131 e. The molecule has 1 aliphatic rings. The molecule has 22 heavy (non-hydrogen) atoms. The number of rotatable bonds is 2. The number of fused-ring (bicyclic) bond motifs is 3. The van der Waals surface area contributed by atoms with Crippen molar-refractivity contribution >= 4 is 23.3 Å². The summed E-state index contributed by atoms with van der Waals surface area (Å²) >= 11 is 0. The summed E-state index contributed by atoms with van der Waals surface area (Å²) in [5.41, 5.74) is 3.78. The van der Waals surface area contributed by atoms with Gasteiger partial charge in [-0.05, 0) is 45.2 Å². The summed E-state index contributed by atoms with van der Waals surface area (Å²) in [5, 5.41) is 2.19. The quantitative estimate of drug-likeness (QED) is 0.671. The standard InChI is InChI=1S/C20H14O2/c21-11-19-15-7-3-4-8-16(15)20(12-22)18-10-14-6-2-1-5-13(14)9-17(18)19/h1-12,19-20H. The highest BCUT2D eigenvalue weighted by Crippen LogP contribution is 2.42. The predicted octanol–water partition coefficient (Wildman–Crippen LogP) is 3.81. The van der Waals surface area contributed by atoms with Crippen molar-refractivity contribution < 1.29 is 9.59 Å². The van der Waals surface area contributed by atoms with Crippen LogP contribution in [0.2, 0.25) is 0 Å². The topological polar surface area (TPSA) is 34.1 Å². The number of carbonyl (C=O) groups is 2. The van der Waals surface area contributed by atoms with E-state index in [0.29, 0.717) is 0 Å². The molecule has 0 bridgehead atoms. The zero-order valence-electron chi connectivity index (χ0n) is 11.9. The average molecular weight is 286 g/mol. The zero-order chi connectivity index (χ0) is 15.1. The van der Waals surface area contributed by atoms with E-state index < -0.39 is 0 Å². The second-order valence-corrected chi connectivity index (χ2v) is 5.68. The molecular formula is C20H14O2. The van der Waals surface area contributed by atoms with Crippen molar-refractivity contribution in [2.24, 2.45) is 0 Å². The highest BCUT2D eigenvalue weighted by Gasteiger charge is 2.31. The van der Waals surface area contributed by atoms with E-state index in [0.717, 1.165) is 45.6 Å². The van der Waals surface area contributed by atoms with Crippen LogP contribution in [-0.4, -0.2) is 12.6 Å². The third-order valence-corrected chi connectivity index (χ3v) is 4.56. The predicted molar refractivity (Wildman–Crippen MR) is 86.2 cm³/mol. The van der Waals surface area contributed by atoms with Gasteiger partial charge in [0.15, 0.2) is 0 Å². The fourth-order valence-electron chi connectivity index (χ4n) is 3.52. The molecule has 106 valence electrons. The van der Waals surface area contributed by atoms with Crippen molar-refractivity contribution in [3.63, 3.8) is 0 Å². The van der Waals surface area contributed by atoms with Gasteiger partial charge in [-0.3, -0.25) is 0 Å². The summed E-state index contributed by atoms with van der Waals surface area (Å²) < 4.78 is 0. The smallest absolute Gasteiger partial charge is 0.131 e. The molecule has 0 spiro atoms. The summed E-state index contributed by atoms with van der Waals surface area (Å²) in [7, 11) is 0. The maximum atomic E-state index is 11.7. The van der Waals surface area contributed by atoms with Gasteiger partial charge in [0.2, 0.25) is 0 Å². The molecule has 0 saturated carbocycles. The Hall–Kier alpha value is -2.74. The van der Waals surface area contributed by atoms with Gasteiger partial charge in [0.25, 0.3) is 0 Å². The fraction of sp³-hybridized carbons (Fsp3) is 0.100. The van der Waals surface area contributed by atoms with Crippen molar-refractivity contribution in [3.05, 3.63) is 82.9 Å². The van der Waals surface area contributed by atoms with E-state index in [4.69, 9.17) is 0 Å². The van der Waals surface area contributed by atoms with Gasteiger partial charge in [0, 0.05) is 0 Å². The van der Waals surface area contributed by atoms with Crippen LogP contribution in [0, 0.1) is 0 Å². The van der Waals surface area contributed by atoms with Gasteiger partial charge < -0.3 is 9.59 Å². The van der Waals surface area contributed by atoms with Crippen molar-refractivity contribution in [2.75, 3.05) is 0 Å². The van der Waals surface area contributed by atoms with Crippen LogP contribution in [0.4, 0.5) is 0 Å². The third kappa shape index (κ3) is 1.74. The largest absolute Gasteiger partial charge is 0.302 e. The number of aldehydes is 2. The molecule has 0 N–H and O–H groups in total. The van der Waals surface area contributed by atoms with Crippen LogP contribution < -0.4 is 0 Å². The molecule has 3 aromatic rings. The molecule has 2 heteroatoms. The molecule has 0 aliphatic heterocycles. The van der Waals surface area contributed by atoms with Crippen molar-refractivity contribution in [1.29, 1.82) is 0 Å². The third-order valence-electron chi connectivity index (χ3n) is 4.56. The highest BCUT2D eigenvalue weighted by molar-refractivity contribution is 5.89. The number of carbonyl (C=O) groups excluding carboxylic acids is 2. The molecular weight excluding hydrogens is 272 g/mol. The molecule has 0 heterocycles. The van der Waals surface area contributed by atoms with Crippen molar-refractivity contribution in [1.82, 2.24) is 0 Å². The first kappa shape index (κ1) is 13.0. The van der Waals surface area contributed by atoms with Crippen LogP contribution in [-0.2, 0) is 9.59 Å². The Bertz CT molecular complexity index is 822. The summed E-state index contributed by atoms with van der Waals surface area (Å²) in [6.07, 6.45) is 1.96. The first-order valence-electron chi connectivity index (χ1n) is 7.35. The van der Waals surface area contributed by atoms with E-state index in [-0.39, 0.29) is 11.8 Å². The molecule has 2 atom stereocenters. The normalized spacial score (nSPS) is 19.3. The summed E-state index contributed by atoms with van der Waals surface area (Å²) in [6.45, 7) is 0. The Balaban J connectivity index is 2.07. The molecule has 4 rings (SSSR count).